The lowest BCUT2D eigenvalue weighted by molar-refractivity contribution is -0.0315. The number of para-hydroxylation sites is 1. The van der Waals surface area contributed by atoms with Gasteiger partial charge in [0.15, 0.2) is 5.65 Å². The zero-order valence-electron chi connectivity index (χ0n) is 16.2. The first-order valence-corrected chi connectivity index (χ1v) is 10.8. The SMILES string of the molecule is Cc1nc2c(cnn2-c2csc(C(O)NC3COC3)c2)cc1Nc1ccccc1Cl. The van der Waals surface area contributed by atoms with Gasteiger partial charge in [-0.2, -0.15) is 5.10 Å². The summed E-state index contributed by atoms with van der Waals surface area (Å²) in [6, 6.07) is 11.8. The molecule has 0 bridgehead atoms. The number of nitrogens with one attached hydrogen (secondary N) is 2. The van der Waals surface area contributed by atoms with Gasteiger partial charge in [-0.1, -0.05) is 23.7 Å². The van der Waals surface area contributed by atoms with Crippen LogP contribution in [0.5, 0.6) is 0 Å². The number of benzene rings is 1. The fourth-order valence-corrected chi connectivity index (χ4v) is 4.30. The third-order valence-corrected chi connectivity index (χ3v) is 6.33. The van der Waals surface area contributed by atoms with Crippen molar-refractivity contribution in [2.75, 3.05) is 18.5 Å². The zero-order valence-corrected chi connectivity index (χ0v) is 17.7. The largest absolute Gasteiger partial charge is 0.378 e. The van der Waals surface area contributed by atoms with Gasteiger partial charge in [-0.3, -0.25) is 5.32 Å². The Labute approximate surface area is 182 Å². The Hall–Kier alpha value is -2.49. The molecular weight excluding hydrogens is 422 g/mol. The smallest absolute Gasteiger partial charge is 0.163 e. The molecule has 1 aromatic carbocycles. The Bertz CT molecular complexity index is 1200. The van der Waals surface area contributed by atoms with Gasteiger partial charge in [0.25, 0.3) is 0 Å². The van der Waals surface area contributed by atoms with Gasteiger partial charge in [0.2, 0.25) is 0 Å². The number of aliphatic hydroxyl groups excluding tert-OH is 1. The number of halogens is 1. The number of aryl methyl sites for hydroxylation is 1. The van der Waals surface area contributed by atoms with Crippen molar-refractivity contribution < 1.29 is 9.84 Å². The number of nitrogens with zero attached hydrogens (tertiary/aromatic N) is 3. The van der Waals surface area contributed by atoms with Gasteiger partial charge < -0.3 is 15.2 Å². The van der Waals surface area contributed by atoms with Gasteiger partial charge >= 0.3 is 0 Å². The molecule has 1 saturated heterocycles. The Morgan fingerprint density at radius 2 is 2.10 bits per heavy atom. The highest BCUT2D eigenvalue weighted by Gasteiger charge is 2.23. The van der Waals surface area contributed by atoms with E-state index in [2.05, 4.69) is 15.7 Å². The van der Waals surface area contributed by atoms with Crippen LogP contribution >= 0.6 is 22.9 Å². The minimum atomic E-state index is -0.722. The Balaban J connectivity index is 1.42. The quantitative estimate of drug-likeness (QED) is 0.389. The zero-order chi connectivity index (χ0) is 20.7. The standard InChI is InChI=1S/C21H20ClN5O2S/c1-12-18(26-17-5-3-2-4-16(17)22)6-13-8-23-27(20(13)24-12)15-7-19(30-11-15)21(28)25-14-9-29-10-14/h2-8,11,14,21,25-26,28H,9-10H2,1H3. The van der Waals surface area contributed by atoms with Crippen LogP contribution in [0, 0.1) is 6.92 Å². The number of pyridine rings is 1. The average molecular weight is 442 g/mol. The Morgan fingerprint density at radius 3 is 2.87 bits per heavy atom. The van der Waals surface area contributed by atoms with Crippen LogP contribution < -0.4 is 10.6 Å². The maximum absolute atomic E-state index is 10.4. The third kappa shape index (κ3) is 3.68. The topological polar surface area (TPSA) is 84.2 Å². The fraction of sp³-hybridized carbons (Fsp3) is 0.238. The van der Waals surface area contributed by atoms with Crippen LogP contribution in [0.4, 0.5) is 11.4 Å². The Kier molecular flexibility index (Phi) is 5.18. The number of hydrogen-bond donors (Lipinski definition) is 3. The van der Waals surface area contributed by atoms with Crippen molar-refractivity contribution in [1.29, 1.82) is 0 Å². The molecular formula is C21H20ClN5O2S. The minimum Gasteiger partial charge on any atom is -0.378 e. The molecule has 1 aliphatic heterocycles. The van der Waals surface area contributed by atoms with Crippen LogP contribution in [0.15, 0.2) is 48.0 Å². The lowest BCUT2D eigenvalue weighted by atomic mass is 10.2. The van der Waals surface area contributed by atoms with Crippen molar-refractivity contribution in [2.45, 2.75) is 19.2 Å². The molecule has 7 nitrogen and oxygen atoms in total. The van der Waals surface area contributed by atoms with Crippen LogP contribution in [0.1, 0.15) is 16.8 Å². The average Bonchev–Trinajstić information content (AvgIpc) is 3.33. The number of fused-ring (bicyclic) bond motifs is 1. The number of thiophene rings is 1. The summed E-state index contributed by atoms with van der Waals surface area (Å²) < 4.78 is 6.94. The van der Waals surface area contributed by atoms with Gasteiger partial charge in [0.1, 0.15) is 6.23 Å². The molecule has 30 heavy (non-hydrogen) atoms. The maximum atomic E-state index is 10.4. The van der Waals surface area contributed by atoms with Gasteiger partial charge in [0, 0.05) is 15.6 Å². The van der Waals surface area contributed by atoms with Crippen molar-refractivity contribution in [3.05, 3.63) is 63.6 Å². The molecule has 0 aliphatic carbocycles. The molecule has 4 aromatic rings. The second-order valence-corrected chi connectivity index (χ2v) is 8.56. The van der Waals surface area contributed by atoms with Crippen molar-refractivity contribution in [1.82, 2.24) is 20.1 Å². The van der Waals surface area contributed by atoms with Gasteiger partial charge in [0.05, 0.1) is 53.2 Å². The predicted molar refractivity (Wildman–Crippen MR) is 119 cm³/mol. The molecule has 0 amide bonds. The van der Waals surface area contributed by atoms with E-state index in [1.165, 1.54) is 11.3 Å². The summed E-state index contributed by atoms with van der Waals surface area (Å²) in [6.07, 6.45) is 1.07. The highest BCUT2D eigenvalue weighted by molar-refractivity contribution is 7.10. The number of rotatable bonds is 6. The monoisotopic (exact) mass is 441 g/mol. The van der Waals surface area contributed by atoms with E-state index in [9.17, 15) is 5.11 Å². The van der Waals surface area contributed by atoms with Crippen LogP contribution in [-0.2, 0) is 4.74 Å². The van der Waals surface area contributed by atoms with E-state index in [0.29, 0.717) is 18.2 Å². The number of aromatic nitrogens is 3. The number of ether oxygens (including phenoxy) is 1. The van der Waals surface area contributed by atoms with E-state index in [-0.39, 0.29) is 6.04 Å². The van der Waals surface area contributed by atoms with Gasteiger partial charge in [-0.25, -0.2) is 9.67 Å². The molecule has 4 heterocycles. The number of aliphatic hydroxyl groups is 1. The first kappa shape index (κ1) is 19.5. The fourth-order valence-electron chi connectivity index (χ4n) is 3.30. The van der Waals surface area contributed by atoms with Crippen molar-refractivity contribution in [3.63, 3.8) is 0 Å². The lowest BCUT2D eigenvalue weighted by Gasteiger charge is -2.29. The molecule has 1 unspecified atom stereocenters. The lowest BCUT2D eigenvalue weighted by Crippen LogP contribution is -2.47. The first-order valence-electron chi connectivity index (χ1n) is 9.56. The first-order chi connectivity index (χ1) is 14.6. The second-order valence-electron chi connectivity index (χ2n) is 7.21. The molecule has 9 heteroatoms. The summed E-state index contributed by atoms with van der Waals surface area (Å²) in [5.74, 6) is 0. The highest BCUT2D eigenvalue weighted by atomic mass is 35.5. The minimum absolute atomic E-state index is 0.199. The van der Waals surface area contributed by atoms with Crippen molar-refractivity contribution >= 4 is 45.3 Å². The summed E-state index contributed by atoms with van der Waals surface area (Å²) in [4.78, 5) is 5.60. The van der Waals surface area contributed by atoms with Crippen LogP contribution in [0.2, 0.25) is 5.02 Å². The second kappa shape index (κ2) is 7.98. The van der Waals surface area contributed by atoms with Crippen molar-refractivity contribution in [2.24, 2.45) is 0 Å². The van der Waals surface area contributed by atoms with E-state index in [0.717, 1.165) is 38.7 Å². The van der Waals surface area contributed by atoms with Crippen LogP contribution in [0.25, 0.3) is 16.7 Å². The highest BCUT2D eigenvalue weighted by Crippen LogP contribution is 2.30. The summed E-state index contributed by atoms with van der Waals surface area (Å²) in [5, 5.41) is 25.0. The van der Waals surface area contributed by atoms with Gasteiger partial charge in [-0.05, 0) is 31.2 Å². The molecule has 0 spiro atoms. The normalized spacial score (nSPS) is 15.3. The van der Waals surface area contributed by atoms with E-state index in [4.69, 9.17) is 21.3 Å². The Morgan fingerprint density at radius 1 is 1.27 bits per heavy atom. The summed E-state index contributed by atoms with van der Waals surface area (Å²) in [6.45, 7) is 3.21. The summed E-state index contributed by atoms with van der Waals surface area (Å²) >= 11 is 7.75. The van der Waals surface area contributed by atoms with Crippen LogP contribution in [-0.4, -0.2) is 39.1 Å². The van der Waals surface area contributed by atoms with Crippen molar-refractivity contribution in [3.8, 4) is 5.69 Å². The molecule has 154 valence electrons. The van der Waals surface area contributed by atoms with E-state index in [1.54, 1.807) is 10.9 Å². The third-order valence-electron chi connectivity index (χ3n) is 5.03. The van der Waals surface area contributed by atoms with E-state index >= 15 is 0 Å². The molecule has 1 atom stereocenters. The van der Waals surface area contributed by atoms with Gasteiger partial charge in [-0.15, -0.1) is 11.3 Å². The molecule has 1 aliphatic rings. The molecule has 5 rings (SSSR count). The van der Waals surface area contributed by atoms with E-state index in [1.807, 2.05) is 48.7 Å². The molecule has 3 N–H and O–H groups in total. The number of hydrogen-bond acceptors (Lipinski definition) is 7. The van der Waals surface area contributed by atoms with E-state index < -0.39 is 6.23 Å². The molecule has 0 radical (unpaired) electrons. The molecule has 0 saturated carbocycles. The summed E-state index contributed by atoms with van der Waals surface area (Å²) in [5.41, 5.74) is 4.18. The maximum Gasteiger partial charge on any atom is 0.163 e. The van der Waals surface area contributed by atoms with Crippen LogP contribution in [0.3, 0.4) is 0 Å². The molecule has 1 fully saturated rings. The number of anilines is 2. The predicted octanol–water partition coefficient (Wildman–Crippen LogP) is 4.17. The summed E-state index contributed by atoms with van der Waals surface area (Å²) in [7, 11) is 0. The molecule has 3 aromatic heterocycles.